The van der Waals surface area contributed by atoms with Crippen molar-refractivity contribution >= 4 is 11.8 Å². The van der Waals surface area contributed by atoms with Gasteiger partial charge in [0, 0.05) is 25.2 Å². The van der Waals surface area contributed by atoms with Crippen LogP contribution in [0.3, 0.4) is 0 Å². The predicted molar refractivity (Wildman–Crippen MR) is 125 cm³/mol. The lowest BCUT2D eigenvalue weighted by molar-refractivity contribution is -0.141. The molecule has 1 heterocycles. The van der Waals surface area contributed by atoms with Gasteiger partial charge in [-0.1, -0.05) is 48.5 Å². The number of alkyl halides is 3. The summed E-state index contributed by atoms with van der Waals surface area (Å²) in [6.07, 6.45) is -0.275. The molecule has 2 N–H and O–H groups in total. The van der Waals surface area contributed by atoms with E-state index in [0.29, 0.717) is 11.6 Å². The molecule has 0 saturated heterocycles. The third-order valence-corrected chi connectivity index (χ3v) is 6.33. The summed E-state index contributed by atoms with van der Waals surface area (Å²) < 4.78 is 41.4. The summed E-state index contributed by atoms with van der Waals surface area (Å²) in [5, 5.41) is 8.83. The molecule has 0 unspecified atom stereocenters. The molecule has 1 aromatic heterocycles. The lowest BCUT2D eigenvalue weighted by Gasteiger charge is -2.28. The number of amides is 2. The van der Waals surface area contributed by atoms with Crippen LogP contribution in [0.2, 0.25) is 0 Å². The van der Waals surface area contributed by atoms with Gasteiger partial charge in [-0.25, -0.2) is 4.68 Å². The monoisotopic (exact) mass is 484 g/mol. The highest BCUT2D eigenvalue weighted by molar-refractivity contribution is 5.95. The molecule has 2 amide bonds. The van der Waals surface area contributed by atoms with E-state index < -0.39 is 23.3 Å². The van der Waals surface area contributed by atoms with E-state index in [1.165, 1.54) is 5.56 Å². The lowest BCUT2D eigenvalue weighted by Crippen LogP contribution is -2.38. The molecule has 184 valence electrons. The minimum absolute atomic E-state index is 0.0117. The Balaban J connectivity index is 1.27. The Morgan fingerprint density at radius 1 is 0.886 bits per heavy atom. The topological polar surface area (TPSA) is 76.0 Å². The molecule has 9 heteroatoms. The van der Waals surface area contributed by atoms with Crippen molar-refractivity contribution in [3.8, 4) is 5.69 Å². The second-order valence-corrected chi connectivity index (χ2v) is 8.68. The first-order chi connectivity index (χ1) is 16.8. The van der Waals surface area contributed by atoms with Crippen molar-refractivity contribution in [2.45, 2.75) is 37.8 Å². The fraction of sp³-hybridized carbons (Fsp3) is 0.346. The average Bonchev–Trinajstić information content (AvgIpc) is 3.34. The Labute approximate surface area is 201 Å². The zero-order valence-corrected chi connectivity index (χ0v) is 19.1. The van der Waals surface area contributed by atoms with Gasteiger partial charge in [0.15, 0.2) is 5.69 Å². The SMILES string of the molecule is O=C(NCCNC(=O)C1CCC(c2ccccc2)CC1)c1cn(-c2ccccc2)nc1C(F)(F)F. The van der Waals surface area contributed by atoms with Crippen molar-refractivity contribution in [3.63, 3.8) is 0 Å². The maximum atomic E-state index is 13.5. The Hall–Kier alpha value is -3.62. The fourth-order valence-electron chi connectivity index (χ4n) is 4.48. The summed E-state index contributed by atoms with van der Waals surface area (Å²) >= 11 is 0. The summed E-state index contributed by atoms with van der Waals surface area (Å²) in [6.45, 7) is 0.148. The van der Waals surface area contributed by atoms with Gasteiger partial charge in [0.1, 0.15) is 0 Å². The molecular formula is C26H27F3N4O2. The van der Waals surface area contributed by atoms with Crippen LogP contribution >= 0.6 is 0 Å². The van der Waals surface area contributed by atoms with Gasteiger partial charge in [0.05, 0.1) is 11.3 Å². The summed E-state index contributed by atoms with van der Waals surface area (Å²) in [4.78, 5) is 25.0. The van der Waals surface area contributed by atoms with Crippen LogP contribution in [0.4, 0.5) is 13.2 Å². The Kier molecular flexibility index (Phi) is 7.53. The van der Waals surface area contributed by atoms with E-state index in [1.807, 2.05) is 18.2 Å². The lowest BCUT2D eigenvalue weighted by atomic mass is 9.78. The molecule has 0 aliphatic heterocycles. The van der Waals surface area contributed by atoms with Crippen molar-refractivity contribution < 1.29 is 22.8 Å². The molecule has 0 atom stereocenters. The molecule has 1 aliphatic rings. The van der Waals surface area contributed by atoms with Crippen molar-refractivity contribution in [2.24, 2.45) is 5.92 Å². The zero-order chi connectivity index (χ0) is 24.8. The summed E-state index contributed by atoms with van der Waals surface area (Å²) in [6, 6.07) is 18.5. The van der Waals surface area contributed by atoms with Gasteiger partial charge in [-0.15, -0.1) is 0 Å². The highest BCUT2D eigenvalue weighted by atomic mass is 19.4. The van der Waals surface area contributed by atoms with E-state index >= 15 is 0 Å². The minimum atomic E-state index is -4.78. The second-order valence-electron chi connectivity index (χ2n) is 8.68. The van der Waals surface area contributed by atoms with Crippen LogP contribution in [0.15, 0.2) is 66.9 Å². The van der Waals surface area contributed by atoms with Crippen LogP contribution in [0.5, 0.6) is 0 Å². The number of rotatable bonds is 7. The normalized spacial score (nSPS) is 18.1. The van der Waals surface area contributed by atoms with Crippen molar-refractivity contribution in [1.82, 2.24) is 20.4 Å². The van der Waals surface area contributed by atoms with E-state index in [4.69, 9.17) is 0 Å². The van der Waals surface area contributed by atoms with E-state index in [1.54, 1.807) is 30.3 Å². The van der Waals surface area contributed by atoms with Crippen LogP contribution in [-0.2, 0) is 11.0 Å². The van der Waals surface area contributed by atoms with Gasteiger partial charge >= 0.3 is 6.18 Å². The molecule has 0 radical (unpaired) electrons. The highest BCUT2D eigenvalue weighted by Crippen LogP contribution is 2.35. The Morgan fingerprint density at radius 2 is 1.49 bits per heavy atom. The van der Waals surface area contributed by atoms with Crippen LogP contribution < -0.4 is 10.6 Å². The number of benzene rings is 2. The van der Waals surface area contributed by atoms with Gasteiger partial charge in [0.2, 0.25) is 5.91 Å². The molecule has 6 nitrogen and oxygen atoms in total. The Morgan fingerprint density at radius 3 is 2.11 bits per heavy atom. The van der Waals surface area contributed by atoms with E-state index in [9.17, 15) is 22.8 Å². The van der Waals surface area contributed by atoms with Crippen LogP contribution in [-0.4, -0.2) is 34.7 Å². The maximum Gasteiger partial charge on any atom is 0.435 e. The quantitative estimate of drug-likeness (QED) is 0.477. The number of halogens is 3. The van der Waals surface area contributed by atoms with Gasteiger partial charge in [-0.05, 0) is 49.3 Å². The Bertz CT molecular complexity index is 1140. The first-order valence-corrected chi connectivity index (χ1v) is 11.7. The number of nitrogens with one attached hydrogen (secondary N) is 2. The first kappa shape index (κ1) is 24.5. The smallest absolute Gasteiger partial charge is 0.354 e. The highest BCUT2D eigenvalue weighted by Gasteiger charge is 2.39. The number of nitrogens with zero attached hydrogens (tertiary/aromatic N) is 2. The summed E-state index contributed by atoms with van der Waals surface area (Å²) in [7, 11) is 0. The van der Waals surface area contributed by atoms with E-state index in [2.05, 4.69) is 27.9 Å². The molecule has 4 rings (SSSR count). The molecule has 3 aromatic rings. The van der Waals surface area contributed by atoms with Crippen molar-refractivity contribution in [2.75, 3.05) is 13.1 Å². The van der Waals surface area contributed by atoms with Crippen LogP contribution in [0.1, 0.15) is 53.2 Å². The van der Waals surface area contributed by atoms with Gasteiger partial charge in [-0.3, -0.25) is 9.59 Å². The largest absolute Gasteiger partial charge is 0.435 e. The molecule has 1 fully saturated rings. The van der Waals surface area contributed by atoms with Crippen molar-refractivity contribution in [1.29, 1.82) is 0 Å². The third-order valence-electron chi connectivity index (χ3n) is 6.33. The second kappa shape index (κ2) is 10.8. The molecule has 0 bridgehead atoms. The van der Waals surface area contributed by atoms with Crippen LogP contribution in [0, 0.1) is 5.92 Å². The molecule has 1 aliphatic carbocycles. The maximum absolute atomic E-state index is 13.5. The number of hydrogen-bond acceptors (Lipinski definition) is 3. The molecule has 1 saturated carbocycles. The molecular weight excluding hydrogens is 457 g/mol. The van der Waals surface area contributed by atoms with Crippen molar-refractivity contribution in [3.05, 3.63) is 83.7 Å². The number of aromatic nitrogens is 2. The third kappa shape index (κ3) is 6.09. The summed E-state index contributed by atoms with van der Waals surface area (Å²) in [5.74, 6) is -0.610. The van der Waals surface area contributed by atoms with Gasteiger partial charge < -0.3 is 10.6 Å². The summed E-state index contributed by atoms with van der Waals surface area (Å²) in [5.41, 5.74) is -0.112. The average molecular weight is 485 g/mol. The first-order valence-electron chi connectivity index (χ1n) is 11.7. The molecule has 0 spiro atoms. The number of hydrogen-bond donors (Lipinski definition) is 2. The number of carbonyl (C=O) groups is 2. The van der Waals surface area contributed by atoms with E-state index in [0.717, 1.165) is 36.6 Å². The van der Waals surface area contributed by atoms with Gasteiger partial charge in [0.25, 0.3) is 5.91 Å². The molecule has 35 heavy (non-hydrogen) atoms. The van der Waals surface area contributed by atoms with Gasteiger partial charge in [-0.2, -0.15) is 18.3 Å². The standard InChI is InChI=1S/C26H27F3N4O2/c27-26(28,29)23-22(17-33(32-23)21-9-5-2-6-10-21)25(35)31-16-15-30-24(34)20-13-11-19(12-14-20)18-7-3-1-4-8-18/h1-10,17,19-20H,11-16H2,(H,30,34)(H,31,35). The zero-order valence-electron chi connectivity index (χ0n) is 19.1. The number of para-hydroxylation sites is 1. The van der Waals surface area contributed by atoms with Crippen LogP contribution in [0.25, 0.3) is 5.69 Å². The fourth-order valence-corrected chi connectivity index (χ4v) is 4.48. The van der Waals surface area contributed by atoms with E-state index in [-0.39, 0.29) is 24.9 Å². The minimum Gasteiger partial charge on any atom is -0.354 e. The predicted octanol–water partition coefficient (Wildman–Crippen LogP) is 4.71. The number of carbonyl (C=O) groups excluding carboxylic acids is 2. The molecule has 2 aromatic carbocycles.